The number of benzene rings is 1. The van der Waals surface area contributed by atoms with Crippen molar-refractivity contribution >= 4 is 11.4 Å². The summed E-state index contributed by atoms with van der Waals surface area (Å²) in [4.78, 5) is 0. The first-order chi connectivity index (χ1) is 19.9. The maximum Gasteiger partial charge on any atom is 0.177 e. The molecular formula is C37H63FN2O. The van der Waals surface area contributed by atoms with Crippen LogP contribution in [0.4, 0.5) is 15.8 Å². The third-order valence-electron chi connectivity index (χ3n) is 10.5. The highest BCUT2D eigenvalue weighted by Crippen LogP contribution is 2.37. The quantitative estimate of drug-likeness (QED) is 0.105. The molecule has 2 saturated carbocycles. The van der Waals surface area contributed by atoms with Crippen LogP contribution in [0.25, 0.3) is 0 Å². The first kappa shape index (κ1) is 33.8. The highest BCUT2D eigenvalue weighted by molar-refractivity contribution is 5.61. The van der Waals surface area contributed by atoms with Gasteiger partial charge in [0.15, 0.2) is 11.6 Å². The van der Waals surface area contributed by atoms with Crippen LogP contribution in [-0.2, 0) is 0 Å². The molecular weight excluding hydrogens is 507 g/mol. The molecule has 0 aromatic heterocycles. The molecule has 2 unspecified atom stereocenters. The van der Waals surface area contributed by atoms with Crippen LogP contribution in [0.15, 0.2) is 24.3 Å². The number of rotatable bonds is 18. The highest BCUT2D eigenvalue weighted by Gasteiger charge is 2.23. The molecule has 0 bridgehead atoms. The van der Waals surface area contributed by atoms with Gasteiger partial charge < -0.3 is 16.2 Å². The number of nitrogen functional groups attached to an aromatic ring is 2. The fourth-order valence-electron chi connectivity index (χ4n) is 7.53. The maximum absolute atomic E-state index is 14.1. The van der Waals surface area contributed by atoms with Crippen LogP contribution in [-0.4, -0.2) is 6.61 Å². The summed E-state index contributed by atoms with van der Waals surface area (Å²) < 4.78 is 19.8. The normalized spacial score (nSPS) is 24.9. The summed E-state index contributed by atoms with van der Waals surface area (Å²) in [6, 6.07) is 2.84. The van der Waals surface area contributed by atoms with Gasteiger partial charge in [0.2, 0.25) is 0 Å². The predicted molar refractivity (Wildman–Crippen MR) is 176 cm³/mol. The lowest BCUT2D eigenvalue weighted by Crippen LogP contribution is -2.16. The minimum atomic E-state index is -0.470. The fraction of sp³-hybridized carbons (Fsp3) is 0.784. The van der Waals surface area contributed by atoms with Crippen LogP contribution >= 0.6 is 0 Å². The molecule has 234 valence electrons. The Labute approximate surface area is 252 Å². The van der Waals surface area contributed by atoms with Gasteiger partial charge in [-0.05, 0) is 99.4 Å². The summed E-state index contributed by atoms with van der Waals surface area (Å²) in [6.45, 7) is 7.50. The van der Waals surface area contributed by atoms with E-state index < -0.39 is 5.82 Å². The van der Waals surface area contributed by atoms with E-state index in [-0.39, 0.29) is 11.4 Å². The molecule has 0 amide bonds. The van der Waals surface area contributed by atoms with Gasteiger partial charge in [-0.3, -0.25) is 0 Å². The Morgan fingerprint density at radius 2 is 1.44 bits per heavy atom. The smallest absolute Gasteiger partial charge is 0.177 e. The Hall–Kier alpha value is -1.71. The Balaban J connectivity index is 1.23. The Kier molecular flexibility index (Phi) is 15.5. The van der Waals surface area contributed by atoms with Gasteiger partial charge in [0.1, 0.15) is 0 Å². The van der Waals surface area contributed by atoms with Crippen molar-refractivity contribution in [3.8, 4) is 5.75 Å². The first-order valence-corrected chi connectivity index (χ1v) is 17.5. The van der Waals surface area contributed by atoms with Gasteiger partial charge in [-0.1, -0.05) is 97.1 Å². The number of unbranched alkanes of at least 4 members (excludes halogenated alkanes) is 2. The molecule has 4 heteroatoms. The zero-order valence-electron chi connectivity index (χ0n) is 26.9. The van der Waals surface area contributed by atoms with E-state index in [1.54, 1.807) is 6.07 Å². The highest BCUT2D eigenvalue weighted by atomic mass is 19.1. The number of hydrogen-bond donors (Lipinski definition) is 2. The van der Waals surface area contributed by atoms with Crippen LogP contribution in [0, 0.1) is 41.3 Å². The van der Waals surface area contributed by atoms with Crippen molar-refractivity contribution < 1.29 is 9.13 Å². The molecule has 0 aliphatic heterocycles. The molecule has 2 aliphatic carbocycles. The van der Waals surface area contributed by atoms with Gasteiger partial charge in [0.05, 0.1) is 12.3 Å². The van der Waals surface area contributed by atoms with E-state index >= 15 is 0 Å². The van der Waals surface area contributed by atoms with Crippen molar-refractivity contribution in [3.05, 3.63) is 30.1 Å². The zero-order valence-corrected chi connectivity index (χ0v) is 26.9. The summed E-state index contributed by atoms with van der Waals surface area (Å²) in [5.74, 6) is 4.73. The predicted octanol–water partition coefficient (Wildman–Crippen LogP) is 11.1. The molecule has 2 fully saturated rings. The van der Waals surface area contributed by atoms with Gasteiger partial charge >= 0.3 is 0 Å². The van der Waals surface area contributed by atoms with Crippen LogP contribution in [0.3, 0.4) is 0 Å². The number of halogens is 1. The molecule has 3 rings (SSSR count). The first-order valence-electron chi connectivity index (χ1n) is 17.5. The molecule has 2 aliphatic rings. The van der Waals surface area contributed by atoms with Gasteiger partial charge in [-0.25, -0.2) is 4.39 Å². The zero-order chi connectivity index (χ0) is 29.5. The Morgan fingerprint density at radius 3 is 2.02 bits per heavy atom. The number of anilines is 2. The second-order valence-electron chi connectivity index (χ2n) is 13.9. The summed E-state index contributed by atoms with van der Waals surface area (Å²) in [5.41, 5.74) is 12.2. The number of hydrogen-bond acceptors (Lipinski definition) is 3. The van der Waals surface area contributed by atoms with Crippen molar-refractivity contribution in [3.63, 3.8) is 0 Å². The monoisotopic (exact) mass is 570 g/mol. The van der Waals surface area contributed by atoms with Crippen molar-refractivity contribution in [1.29, 1.82) is 0 Å². The molecule has 0 heterocycles. The number of ether oxygens (including phenoxy) is 1. The topological polar surface area (TPSA) is 61.3 Å². The molecule has 41 heavy (non-hydrogen) atoms. The second kappa shape index (κ2) is 18.7. The minimum absolute atomic E-state index is 0.145. The Morgan fingerprint density at radius 1 is 0.805 bits per heavy atom. The average Bonchev–Trinajstić information content (AvgIpc) is 2.96. The molecule has 0 spiro atoms. The molecule has 1 aromatic rings. The summed E-state index contributed by atoms with van der Waals surface area (Å²) in [5, 5.41) is 0. The number of nitrogens with two attached hydrogens (primary N) is 2. The molecule has 0 saturated heterocycles. The van der Waals surface area contributed by atoms with E-state index in [4.69, 9.17) is 16.2 Å². The summed E-state index contributed by atoms with van der Waals surface area (Å²) in [7, 11) is 0. The van der Waals surface area contributed by atoms with Crippen LogP contribution in [0.5, 0.6) is 5.75 Å². The Bertz CT molecular complexity index is 847. The molecule has 0 radical (unpaired) electrons. The van der Waals surface area contributed by atoms with Crippen molar-refractivity contribution in [1.82, 2.24) is 0 Å². The second-order valence-corrected chi connectivity index (χ2v) is 13.9. The summed E-state index contributed by atoms with van der Waals surface area (Å²) in [6.07, 6.45) is 31.1. The van der Waals surface area contributed by atoms with E-state index in [9.17, 15) is 4.39 Å². The number of allylic oxidation sites excluding steroid dienone is 2. The lowest BCUT2D eigenvalue weighted by Gasteiger charge is -2.29. The molecule has 3 nitrogen and oxygen atoms in total. The lowest BCUT2D eigenvalue weighted by molar-refractivity contribution is 0.236. The largest absolute Gasteiger partial charge is 0.488 e. The summed E-state index contributed by atoms with van der Waals surface area (Å²) >= 11 is 0. The third kappa shape index (κ3) is 12.6. The van der Waals surface area contributed by atoms with Crippen molar-refractivity contribution in [2.45, 2.75) is 143 Å². The standard InChI is InChI=1S/C37H63FN2O/c1-4-9-28(3)10-7-6-8-11-30-14-16-32(17-15-30)22-23-33-20-18-31(19-21-33)13-12-29(5-2)24-25-41-37-35(38)26-34(39)27-36(37)40/h22-23,26-33H,4-21,24-25,39-40H2,1-3H3/b23-22+. The van der Waals surface area contributed by atoms with Crippen molar-refractivity contribution in [2.75, 3.05) is 18.1 Å². The third-order valence-corrected chi connectivity index (χ3v) is 10.5. The van der Waals surface area contributed by atoms with E-state index in [2.05, 4.69) is 32.9 Å². The van der Waals surface area contributed by atoms with E-state index in [1.807, 2.05) is 0 Å². The van der Waals surface area contributed by atoms with Crippen molar-refractivity contribution in [2.24, 2.45) is 35.5 Å². The van der Waals surface area contributed by atoms with Gasteiger partial charge in [0.25, 0.3) is 0 Å². The van der Waals surface area contributed by atoms with E-state index in [1.165, 1.54) is 115 Å². The lowest BCUT2D eigenvalue weighted by atomic mass is 9.76. The molecule has 4 N–H and O–H groups in total. The van der Waals surface area contributed by atoms with E-state index in [0.717, 1.165) is 42.4 Å². The van der Waals surface area contributed by atoms with Crippen LogP contribution < -0.4 is 16.2 Å². The van der Waals surface area contributed by atoms with Gasteiger partial charge in [-0.2, -0.15) is 0 Å². The maximum atomic E-state index is 14.1. The van der Waals surface area contributed by atoms with Gasteiger partial charge in [-0.15, -0.1) is 0 Å². The van der Waals surface area contributed by atoms with Gasteiger partial charge in [0, 0.05) is 11.8 Å². The molecule has 1 aromatic carbocycles. The SMILES string of the molecule is CCCC(C)CCCCCC1CCC(/C=C/C2CCC(CCC(CC)CCOc3c(N)cc(N)cc3F)CC2)CC1. The van der Waals surface area contributed by atoms with Crippen LogP contribution in [0.1, 0.15) is 143 Å². The fourth-order valence-corrected chi connectivity index (χ4v) is 7.53. The minimum Gasteiger partial charge on any atom is -0.488 e. The average molecular weight is 571 g/mol. The van der Waals surface area contributed by atoms with Crippen LogP contribution in [0.2, 0.25) is 0 Å². The van der Waals surface area contributed by atoms with E-state index in [0.29, 0.717) is 18.2 Å². The molecule has 2 atom stereocenters.